The maximum absolute atomic E-state index is 13.3. The van der Waals surface area contributed by atoms with E-state index in [-0.39, 0.29) is 110 Å². The van der Waals surface area contributed by atoms with Gasteiger partial charge in [0, 0.05) is 96.8 Å². The predicted molar refractivity (Wildman–Crippen MR) is 262 cm³/mol. The highest BCUT2D eigenvalue weighted by atomic mass is 32.2. The van der Waals surface area contributed by atoms with Gasteiger partial charge in [0.1, 0.15) is 5.75 Å². The SMILES string of the molecule is COc1nc(SCCC(=O)NCCN(C)CCNC(=O)CN2CCN(CC(=O)O)CCN(CC(=O)O)CCN(CC(=O)O)CC2)nc(OC)c1NC(=O)c1ccc(Oc2cc3c(cc2C)CCC3(C)C)o1. The first-order valence-corrected chi connectivity index (χ1v) is 24.4. The molecule has 1 aliphatic carbocycles. The number of fused-ring (bicyclic) bond motifs is 1. The molecule has 0 bridgehead atoms. The Labute approximate surface area is 417 Å². The smallest absolute Gasteiger partial charge is 0.317 e. The Morgan fingerprint density at radius 3 is 1.77 bits per heavy atom. The van der Waals surface area contributed by atoms with E-state index in [9.17, 15) is 44.1 Å². The van der Waals surface area contributed by atoms with Crippen molar-refractivity contribution in [1.29, 1.82) is 0 Å². The number of aliphatic carboxylic acids is 3. The molecule has 1 fully saturated rings. The van der Waals surface area contributed by atoms with Crippen molar-refractivity contribution in [2.45, 2.75) is 50.6 Å². The monoisotopic (exact) mass is 1010 g/mol. The van der Waals surface area contributed by atoms with Gasteiger partial charge < -0.3 is 54.8 Å². The average Bonchev–Trinajstić information content (AvgIpc) is 3.89. The van der Waals surface area contributed by atoms with Gasteiger partial charge in [0.25, 0.3) is 11.9 Å². The molecule has 0 atom stereocenters. The molecular formula is C47H68N10O13S. The van der Waals surface area contributed by atoms with Crippen LogP contribution in [0.3, 0.4) is 0 Å². The number of methoxy groups -OCH3 is 2. The highest BCUT2D eigenvalue weighted by Crippen LogP contribution is 2.42. The molecule has 3 amide bonds. The predicted octanol–water partition coefficient (Wildman–Crippen LogP) is 1.79. The van der Waals surface area contributed by atoms with Crippen LogP contribution in [0.5, 0.6) is 23.5 Å². The third kappa shape index (κ3) is 17.9. The van der Waals surface area contributed by atoms with Crippen molar-refractivity contribution in [3.63, 3.8) is 0 Å². The van der Waals surface area contributed by atoms with Crippen molar-refractivity contribution in [3.05, 3.63) is 46.7 Å². The normalized spacial score (nSPS) is 16.0. The average molecular weight is 1010 g/mol. The number of nitrogens with zero attached hydrogens (tertiary/aromatic N) is 7. The lowest BCUT2D eigenvalue weighted by molar-refractivity contribution is -0.140. The summed E-state index contributed by atoms with van der Waals surface area (Å²) in [5, 5.41) is 37.1. The van der Waals surface area contributed by atoms with Crippen molar-refractivity contribution in [2.75, 3.05) is 137 Å². The summed E-state index contributed by atoms with van der Waals surface area (Å²) >= 11 is 1.21. The third-order valence-corrected chi connectivity index (χ3v) is 13.0. The molecule has 0 radical (unpaired) electrons. The lowest BCUT2D eigenvalue weighted by Crippen LogP contribution is -2.50. The van der Waals surface area contributed by atoms with Crippen molar-refractivity contribution >= 4 is 53.1 Å². The van der Waals surface area contributed by atoms with Gasteiger partial charge in [-0.05, 0) is 61.1 Å². The number of carbonyl (C=O) groups is 6. The van der Waals surface area contributed by atoms with E-state index in [1.807, 2.05) is 23.8 Å². The summed E-state index contributed by atoms with van der Waals surface area (Å²) in [5.74, 6) is -2.90. The van der Waals surface area contributed by atoms with Crippen LogP contribution in [0.15, 0.2) is 33.8 Å². The summed E-state index contributed by atoms with van der Waals surface area (Å²) in [6.45, 7) is 9.74. The fraction of sp³-hybridized carbons (Fsp3) is 0.574. The lowest BCUT2D eigenvalue weighted by Gasteiger charge is -2.32. The van der Waals surface area contributed by atoms with Gasteiger partial charge in [-0.25, -0.2) is 0 Å². The zero-order valence-corrected chi connectivity index (χ0v) is 42.2. The van der Waals surface area contributed by atoms with E-state index in [0.29, 0.717) is 63.9 Å². The molecule has 23 nitrogen and oxygen atoms in total. The summed E-state index contributed by atoms with van der Waals surface area (Å²) < 4.78 is 22.8. The lowest BCUT2D eigenvalue weighted by atomic mass is 9.86. The molecule has 5 rings (SSSR count). The molecule has 1 aliphatic heterocycles. The van der Waals surface area contributed by atoms with E-state index in [4.69, 9.17) is 18.6 Å². The number of rotatable bonds is 24. The van der Waals surface area contributed by atoms with Crippen LogP contribution >= 0.6 is 11.8 Å². The fourth-order valence-corrected chi connectivity index (χ4v) is 8.94. The minimum absolute atomic E-state index is 0.00838. The molecule has 390 valence electrons. The van der Waals surface area contributed by atoms with Gasteiger partial charge >= 0.3 is 17.9 Å². The largest absolute Gasteiger partial charge is 0.480 e. The van der Waals surface area contributed by atoms with Gasteiger partial charge in [-0.15, -0.1) is 0 Å². The van der Waals surface area contributed by atoms with Crippen molar-refractivity contribution in [3.8, 4) is 23.5 Å². The molecule has 1 saturated heterocycles. The number of furan rings is 1. The van der Waals surface area contributed by atoms with E-state index < -0.39 is 23.8 Å². The number of ether oxygens (including phenoxy) is 3. The summed E-state index contributed by atoms with van der Waals surface area (Å²) in [6.07, 6.45) is 2.24. The topological polar surface area (TPSA) is 282 Å². The maximum atomic E-state index is 13.3. The van der Waals surface area contributed by atoms with Crippen LogP contribution < -0.4 is 30.2 Å². The molecule has 0 unspecified atom stereocenters. The first kappa shape index (κ1) is 55.9. The number of nitrogens with one attached hydrogen (secondary N) is 3. The van der Waals surface area contributed by atoms with Crippen molar-refractivity contribution in [1.82, 2.24) is 45.1 Å². The van der Waals surface area contributed by atoms with Crippen LogP contribution in [0.25, 0.3) is 0 Å². The quantitative estimate of drug-likeness (QED) is 0.0551. The molecule has 0 saturated carbocycles. The van der Waals surface area contributed by atoms with E-state index in [1.54, 1.807) is 20.8 Å². The van der Waals surface area contributed by atoms with E-state index in [2.05, 4.69) is 51.9 Å². The highest BCUT2D eigenvalue weighted by Gasteiger charge is 2.31. The Hall–Kier alpha value is -6.05. The summed E-state index contributed by atoms with van der Waals surface area (Å²) in [7, 11) is 4.65. The Balaban J connectivity index is 1.02. The van der Waals surface area contributed by atoms with Crippen molar-refractivity contribution in [2.24, 2.45) is 0 Å². The summed E-state index contributed by atoms with van der Waals surface area (Å²) in [4.78, 5) is 91.4. The summed E-state index contributed by atoms with van der Waals surface area (Å²) in [6, 6.07) is 7.27. The van der Waals surface area contributed by atoms with Gasteiger partial charge in [0.15, 0.2) is 16.6 Å². The number of carboxylic acid groups (broad SMARTS) is 3. The third-order valence-electron chi connectivity index (χ3n) is 12.2. The first-order valence-electron chi connectivity index (χ1n) is 23.4. The van der Waals surface area contributed by atoms with E-state index in [0.717, 1.165) is 18.4 Å². The molecule has 3 heterocycles. The number of benzene rings is 1. The number of aromatic nitrogens is 2. The second-order valence-corrected chi connectivity index (χ2v) is 19.2. The van der Waals surface area contributed by atoms with E-state index >= 15 is 0 Å². The van der Waals surface area contributed by atoms with Crippen LogP contribution in [0, 0.1) is 6.92 Å². The number of carboxylic acids is 3. The molecule has 3 aromatic rings. The standard InChI is InChI=1S/C47H68N10O13S/c1-31-25-32-9-11-47(2,3)33(32)26-35(31)70-41-8-7-34(69-41)43(66)50-42-44(67-5)51-46(52-45(42)68-6)71-24-10-36(58)48-12-14-53(4)15-13-49-37(59)27-54-16-18-55(28-38(60)61)20-22-57(30-40(64)65)23-21-56(19-17-54)29-39(62)63/h7-8,25-26H,9-24,27-30H2,1-6H3,(H,48,58)(H,49,59)(H,50,66)(H,60,61)(H,62,63)(H,64,65). The van der Waals surface area contributed by atoms with Crippen LogP contribution in [0.1, 0.15) is 53.9 Å². The van der Waals surface area contributed by atoms with Gasteiger partial charge in [-0.1, -0.05) is 31.7 Å². The maximum Gasteiger partial charge on any atom is 0.317 e. The molecule has 24 heteroatoms. The van der Waals surface area contributed by atoms with Gasteiger partial charge in [-0.2, -0.15) is 9.97 Å². The van der Waals surface area contributed by atoms with Crippen LogP contribution in [-0.2, 0) is 35.8 Å². The van der Waals surface area contributed by atoms with Gasteiger partial charge in [0.2, 0.25) is 23.6 Å². The zero-order chi connectivity index (χ0) is 51.7. The highest BCUT2D eigenvalue weighted by molar-refractivity contribution is 7.99. The molecule has 0 spiro atoms. The molecule has 1 aromatic carbocycles. The number of hydrogen-bond acceptors (Lipinski definition) is 18. The summed E-state index contributed by atoms with van der Waals surface area (Å²) in [5.41, 5.74) is 3.67. The van der Waals surface area contributed by atoms with Crippen molar-refractivity contribution < 1.29 is 62.7 Å². The second kappa shape index (κ2) is 27.0. The van der Waals surface area contributed by atoms with E-state index in [1.165, 1.54) is 43.2 Å². The molecule has 2 aliphatic rings. The molecule has 71 heavy (non-hydrogen) atoms. The Morgan fingerprint density at radius 2 is 1.27 bits per heavy atom. The second-order valence-electron chi connectivity index (χ2n) is 18.1. The molecule has 6 N–H and O–H groups in total. The van der Waals surface area contributed by atoms with Crippen LogP contribution in [0.2, 0.25) is 0 Å². The zero-order valence-electron chi connectivity index (χ0n) is 41.4. The number of likely N-dealkylation sites (N-methyl/N-ethyl adjacent to an activating group) is 1. The van der Waals surface area contributed by atoms with Gasteiger partial charge in [0.05, 0.1) is 40.4 Å². The number of aryl methyl sites for hydroxylation is 2. The van der Waals surface area contributed by atoms with Gasteiger partial charge in [-0.3, -0.25) is 48.4 Å². The van der Waals surface area contributed by atoms with Crippen LogP contribution in [0.4, 0.5) is 5.69 Å². The fourth-order valence-electron chi connectivity index (χ4n) is 8.18. The minimum Gasteiger partial charge on any atom is -0.480 e. The number of hydrogen-bond donors (Lipinski definition) is 6. The number of anilines is 1. The van der Waals surface area contributed by atoms with Crippen LogP contribution in [-0.4, -0.2) is 217 Å². The Bertz CT molecular complexity index is 2270. The number of carbonyl (C=O) groups excluding carboxylic acids is 3. The number of amides is 3. The molecular weight excluding hydrogens is 945 g/mol. The Morgan fingerprint density at radius 1 is 0.761 bits per heavy atom. The first-order chi connectivity index (χ1) is 33.8. The number of thioether (sulfide) groups is 1. The minimum atomic E-state index is -1.03. The Kier molecular flexibility index (Phi) is 21.2. The molecule has 2 aromatic heterocycles.